The molecule has 0 radical (unpaired) electrons. The number of rotatable bonds is 15. The summed E-state index contributed by atoms with van der Waals surface area (Å²) in [7, 11) is -8.38. The lowest BCUT2D eigenvalue weighted by Gasteiger charge is -2.27. The van der Waals surface area contributed by atoms with Crippen molar-refractivity contribution in [3.63, 3.8) is 0 Å². The van der Waals surface area contributed by atoms with Gasteiger partial charge in [0, 0.05) is 47.5 Å². The molecule has 0 amide bonds. The molecule has 0 aliphatic carbocycles. The van der Waals surface area contributed by atoms with E-state index in [2.05, 4.69) is 0 Å². The molecule has 14 heteroatoms. The number of nitrogens with zero attached hydrogens (tertiary/aromatic N) is 2. The van der Waals surface area contributed by atoms with Crippen LogP contribution in [0.4, 0.5) is 11.4 Å². The van der Waals surface area contributed by atoms with E-state index in [4.69, 9.17) is 4.74 Å². The van der Waals surface area contributed by atoms with Crippen LogP contribution in [0.25, 0.3) is 0 Å². The van der Waals surface area contributed by atoms with Gasteiger partial charge in [-0.1, -0.05) is 45.1 Å². The van der Waals surface area contributed by atoms with Gasteiger partial charge in [-0.25, -0.2) is 9.59 Å². The number of anilines is 1. The lowest BCUT2D eigenvalue weighted by molar-refractivity contribution is -0.437. The maximum atomic E-state index is 13.1. The highest BCUT2D eigenvalue weighted by Crippen LogP contribution is 2.50. The first kappa shape index (κ1) is 39.7. The average Bonchev–Trinajstić information content (AvgIpc) is 3.36. The van der Waals surface area contributed by atoms with E-state index in [9.17, 15) is 40.6 Å². The number of aryl methyl sites for hydroxylation is 1. The van der Waals surface area contributed by atoms with Gasteiger partial charge in [-0.05, 0) is 63.5 Å². The molecule has 2 heterocycles. The molecule has 0 aromatic heterocycles. The number of carboxylic acids is 1. The van der Waals surface area contributed by atoms with Gasteiger partial charge < -0.3 is 14.7 Å². The number of hydrogen-bond donors (Lipinski definition) is 3. The third-order valence-corrected chi connectivity index (χ3v) is 10.8. The fourth-order valence-corrected chi connectivity index (χ4v) is 8.09. The predicted molar refractivity (Wildman–Crippen MR) is 197 cm³/mol. The lowest BCUT2D eigenvalue weighted by atomic mass is 9.79. The summed E-state index contributed by atoms with van der Waals surface area (Å²) in [5.41, 5.74) is 4.16. The number of aromatic carboxylic acids is 1. The molecule has 0 saturated heterocycles. The van der Waals surface area contributed by atoms with Crippen LogP contribution in [0.1, 0.15) is 91.3 Å². The molecule has 2 aliphatic heterocycles. The molecule has 0 bridgehead atoms. The number of ether oxygens (including phenoxy) is 1. The van der Waals surface area contributed by atoms with Gasteiger partial charge in [0.15, 0.2) is 5.71 Å². The molecule has 0 atom stereocenters. The van der Waals surface area contributed by atoms with Gasteiger partial charge in [-0.3, -0.25) is 9.11 Å². The Morgan fingerprint density at radius 2 is 1.57 bits per heavy atom. The normalized spacial score (nSPS) is 17.5. The molecule has 276 valence electrons. The largest absolute Gasteiger partial charge is 0.478 e. The van der Waals surface area contributed by atoms with E-state index >= 15 is 0 Å². The van der Waals surface area contributed by atoms with Gasteiger partial charge in [0.1, 0.15) is 6.54 Å². The van der Waals surface area contributed by atoms with E-state index in [1.165, 1.54) is 0 Å². The highest BCUT2D eigenvalue weighted by Gasteiger charge is 2.47. The summed E-state index contributed by atoms with van der Waals surface area (Å²) in [6.45, 7) is 12.2. The SMILES string of the molecule is CCCOC(=O)c1cccc2c1C(C)(C)C(/C=C/C=C/C=C1/N(CCCS(=O)(=O)O)c3cc(C)cc(C(=O)O)c3C1(C)C)=[N+]2CCCS(=O)(=O)O. The number of benzene rings is 2. The number of carboxylic acid groups (broad SMARTS) is 1. The monoisotopic (exact) mass is 743 g/mol. The molecule has 2 aromatic carbocycles. The number of carbonyl (C=O) groups is 2. The minimum Gasteiger partial charge on any atom is -0.478 e. The Bertz CT molecular complexity index is 2060. The van der Waals surface area contributed by atoms with E-state index in [1.807, 2.05) is 74.5 Å². The maximum Gasteiger partial charge on any atom is 0.338 e. The van der Waals surface area contributed by atoms with Crippen molar-refractivity contribution in [2.45, 2.75) is 71.6 Å². The molecule has 3 N–H and O–H groups in total. The van der Waals surface area contributed by atoms with Gasteiger partial charge >= 0.3 is 11.9 Å². The van der Waals surface area contributed by atoms with Gasteiger partial charge in [0.2, 0.25) is 5.69 Å². The molecule has 0 fully saturated rings. The van der Waals surface area contributed by atoms with Crippen molar-refractivity contribution in [1.82, 2.24) is 0 Å². The Balaban J connectivity index is 1.74. The summed E-state index contributed by atoms with van der Waals surface area (Å²) >= 11 is 0. The van der Waals surface area contributed by atoms with E-state index in [0.717, 1.165) is 28.2 Å². The standard InChI is InChI=1S/C37H46N2O10S2/c1-7-20-49-35(42)26-14-11-15-28-32(26)36(3,4)30(38(28)18-12-21-50(43,44)45)16-9-8-10-17-31-37(5,6)33-27(34(40)41)23-25(2)24-29(33)39(31)19-13-22-51(46,47)48/h8-11,14-17,23-24H,7,12-13,18-22H2,1-6H3,(H2-,40,41,43,44,45,46,47,48)/p+1. The number of carbonyl (C=O) groups excluding carboxylic acids is 1. The van der Waals surface area contributed by atoms with E-state index in [1.54, 1.807) is 37.3 Å². The number of hydrogen-bond acceptors (Lipinski definition) is 8. The quantitative estimate of drug-likeness (QED) is 0.0845. The Labute approximate surface area is 300 Å². The van der Waals surface area contributed by atoms with E-state index in [-0.39, 0.29) is 38.1 Å². The minimum absolute atomic E-state index is 0.112. The molecule has 2 aromatic rings. The highest BCUT2D eigenvalue weighted by molar-refractivity contribution is 7.86. The Morgan fingerprint density at radius 3 is 2.20 bits per heavy atom. The second kappa shape index (κ2) is 15.2. The highest BCUT2D eigenvalue weighted by atomic mass is 32.2. The second-order valence-electron chi connectivity index (χ2n) is 13.9. The smallest absolute Gasteiger partial charge is 0.338 e. The molecule has 0 saturated carbocycles. The lowest BCUT2D eigenvalue weighted by Crippen LogP contribution is -2.29. The molecular weight excluding hydrogens is 697 g/mol. The fourth-order valence-electron chi connectivity index (χ4n) is 7.11. The number of fused-ring (bicyclic) bond motifs is 2. The van der Waals surface area contributed by atoms with E-state index < -0.39 is 54.5 Å². The summed E-state index contributed by atoms with van der Waals surface area (Å²) < 4.78 is 72.3. The second-order valence-corrected chi connectivity index (χ2v) is 17.0. The summed E-state index contributed by atoms with van der Waals surface area (Å²) in [5.74, 6) is -2.39. The van der Waals surface area contributed by atoms with Crippen LogP contribution >= 0.6 is 0 Å². The molecule has 2 aliphatic rings. The molecule has 0 unspecified atom stereocenters. The zero-order chi connectivity index (χ0) is 37.9. The van der Waals surface area contributed by atoms with Crippen LogP contribution in [-0.2, 0) is 35.8 Å². The molecular formula is C37H47N2O10S2+. The van der Waals surface area contributed by atoms with E-state index in [0.29, 0.717) is 23.2 Å². The first-order valence-corrected chi connectivity index (χ1v) is 20.0. The van der Waals surface area contributed by atoms with Crippen LogP contribution in [0, 0.1) is 6.92 Å². The summed E-state index contributed by atoms with van der Waals surface area (Å²) in [6.07, 6.45) is 10.1. The molecule has 0 spiro atoms. The van der Waals surface area contributed by atoms with Crippen LogP contribution in [0.2, 0.25) is 0 Å². The summed E-state index contributed by atoms with van der Waals surface area (Å²) in [5, 5.41) is 10.1. The van der Waals surface area contributed by atoms with Gasteiger partial charge in [0.05, 0.1) is 40.2 Å². The zero-order valence-electron chi connectivity index (χ0n) is 29.8. The fraction of sp³-hybridized carbons (Fsp3) is 0.432. The van der Waals surface area contributed by atoms with Gasteiger partial charge in [-0.15, -0.1) is 0 Å². The van der Waals surface area contributed by atoms with Gasteiger partial charge in [0.25, 0.3) is 20.2 Å². The van der Waals surface area contributed by atoms with Crippen molar-refractivity contribution in [2.75, 3.05) is 36.1 Å². The van der Waals surface area contributed by atoms with Crippen molar-refractivity contribution in [3.05, 3.63) is 94.2 Å². The third-order valence-electron chi connectivity index (χ3n) is 9.18. The zero-order valence-corrected chi connectivity index (χ0v) is 31.5. The predicted octanol–water partition coefficient (Wildman–Crippen LogP) is 5.99. The van der Waals surface area contributed by atoms with Crippen molar-refractivity contribution < 1.29 is 49.9 Å². The molecule has 51 heavy (non-hydrogen) atoms. The van der Waals surface area contributed by atoms with Crippen LogP contribution in [0.5, 0.6) is 0 Å². The maximum absolute atomic E-state index is 13.1. The number of esters is 1. The molecule has 12 nitrogen and oxygen atoms in total. The van der Waals surface area contributed by atoms with Crippen molar-refractivity contribution in [3.8, 4) is 0 Å². The molecule has 4 rings (SSSR count). The van der Waals surface area contributed by atoms with Crippen LogP contribution in [0.3, 0.4) is 0 Å². The van der Waals surface area contributed by atoms with Crippen molar-refractivity contribution >= 4 is 49.3 Å². The summed E-state index contributed by atoms with van der Waals surface area (Å²) in [4.78, 5) is 27.3. The first-order chi connectivity index (χ1) is 23.7. The topological polar surface area (TPSA) is 179 Å². The number of allylic oxidation sites excluding steroid dienone is 6. The average molecular weight is 744 g/mol. The Hall–Kier alpha value is -4.11. The third kappa shape index (κ3) is 8.86. The van der Waals surface area contributed by atoms with Gasteiger partial charge in [-0.2, -0.15) is 21.4 Å². The van der Waals surface area contributed by atoms with Crippen LogP contribution < -0.4 is 4.90 Å². The summed E-state index contributed by atoms with van der Waals surface area (Å²) in [6, 6.07) is 8.84. The Kier molecular flexibility index (Phi) is 11.9. The van der Waals surface area contributed by atoms with Crippen LogP contribution in [0.15, 0.2) is 66.4 Å². The van der Waals surface area contributed by atoms with Crippen LogP contribution in [-0.4, -0.2) is 84.5 Å². The van der Waals surface area contributed by atoms with Crippen molar-refractivity contribution in [1.29, 1.82) is 0 Å². The van der Waals surface area contributed by atoms with Crippen molar-refractivity contribution in [2.24, 2.45) is 0 Å². The first-order valence-electron chi connectivity index (χ1n) is 16.8. The Morgan fingerprint density at radius 1 is 0.902 bits per heavy atom. The minimum atomic E-state index is -4.20.